The van der Waals surface area contributed by atoms with E-state index < -0.39 is 47.9 Å². The maximum Gasteiger partial charge on any atom is 0.326 e. The molecule has 1 aromatic carbocycles. The van der Waals surface area contributed by atoms with E-state index in [1.165, 1.54) is 24.3 Å². The van der Waals surface area contributed by atoms with Gasteiger partial charge in [0.25, 0.3) is 0 Å². The lowest BCUT2D eigenvalue weighted by atomic mass is 9.98. The number of aromatic amines is 1. The van der Waals surface area contributed by atoms with E-state index in [9.17, 15) is 24.3 Å². The number of carboxylic acid groups (broad SMARTS) is 1. The number of amides is 3. The summed E-state index contributed by atoms with van der Waals surface area (Å²) in [5.74, 6) is -2.58. The predicted octanol–water partition coefficient (Wildman–Crippen LogP) is 0.860. The molecule has 7 N–H and O–H groups in total. The van der Waals surface area contributed by atoms with Crippen molar-refractivity contribution in [2.24, 2.45) is 11.7 Å². The average molecular weight is 547 g/mol. The van der Waals surface area contributed by atoms with E-state index in [0.717, 1.165) is 5.56 Å². The Hall–Kier alpha value is -3.38. The number of hydrogen-bond donors (Lipinski definition) is 6. The molecule has 0 saturated heterocycles. The highest BCUT2D eigenvalue weighted by Gasteiger charge is 2.32. The van der Waals surface area contributed by atoms with Crippen molar-refractivity contribution >= 4 is 35.5 Å². The standard InChI is InChI=1S/C26H38N6O5S/c1-4-16(2)22(26(36)37)32-25(35)21(13-18-14-28-15-29-18)31-24(34)20(10-11-38-3)30-23(33)19(27)12-17-8-6-5-7-9-17/h5-9,14-16,19-22H,4,10-13,27H2,1-3H3,(H,28,29)(H,30,33)(H,31,34)(H,32,35)(H,36,37). The molecule has 12 heteroatoms. The Kier molecular flexibility index (Phi) is 12.8. The molecule has 2 rings (SSSR count). The van der Waals surface area contributed by atoms with E-state index in [-0.39, 0.29) is 12.3 Å². The van der Waals surface area contributed by atoms with Crippen LogP contribution < -0.4 is 21.7 Å². The van der Waals surface area contributed by atoms with Gasteiger partial charge >= 0.3 is 5.97 Å². The van der Waals surface area contributed by atoms with E-state index in [1.54, 1.807) is 6.92 Å². The van der Waals surface area contributed by atoms with E-state index in [1.807, 2.05) is 43.5 Å². The first kappa shape index (κ1) is 30.8. The summed E-state index contributed by atoms with van der Waals surface area (Å²) in [7, 11) is 0. The number of carbonyl (C=O) groups excluding carboxylic acids is 3. The molecule has 208 valence electrons. The maximum atomic E-state index is 13.3. The number of nitrogens with one attached hydrogen (secondary N) is 4. The van der Waals surface area contributed by atoms with Gasteiger partial charge < -0.3 is 31.8 Å². The van der Waals surface area contributed by atoms with Gasteiger partial charge in [-0.05, 0) is 36.3 Å². The van der Waals surface area contributed by atoms with E-state index in [2.05, 4.69) is 25.9 Å². The summed E-state index contributed by atoms with van der Waals surface area (Å²) < 4.78 is 0. The fourth-order valence-electron chi connectivity index (χ4n) is 3.78. The Morgan fingerprint density at radius 2 is 1.68 bits per heavy atom. The van der Waals surface area contributed by atoms with Gasteiger partial charge in [-0.15, -0.1) is 0 Å². The monoisotopic (exact) mass is 546 g/mol. The normalized spacial score (nSPS) is 14.9. The number of aliphatic carboxylic acids is 1. The number of carbonyl (C=O) groups is 4. The number of thioether (sulfide) groups is 1. The van der Waals surface area contributed by atoms with Gasteiger partial charge in [-0.2, -0.15) is 11.8 Å². The molecule has 0 fully saturated rings. The molecular formula is C26H38N6O5S. The number of aromatic nitrogens is 2. The van der Waals surface area contributed by atoms with Crippen LogP contribution in [0.5, 0.6) is 0 Å². The highest BCUT2D eigenvalue weighted by Crippen LogP contribution is 2.10. The summed E-state index contributed by atoms with van der Waals surface area (Å²) in [5, 5.41) is 17.6. The van der Waals surface area contributed by atoms with E-state index >= 15 is 0 Å². The van der Waals surface area contributed by atoms with Crippen LogP contribution in [0.15, 0.2) is 42.9 Å². The minimum atomic E-state index is -1.16. The molecule has 0 bridgehead atoms. The van der Waals surface area contributed by atoms with Crippen molar-refractivity contribution in [3.8, 4) is 0 Å². The fourth-order valence-corrected chi connectivity index (χ4v) is 4.25. The molecule has 38 heavy (non-hydrogen) atoms. The zero-order chi connectivity index (χ0) is 28.1. The molecule has 2 aromatic rings. The lowest BCUT2D eigenvalue weighted by Gasteiger charge is -2.26. The Morgan fingerprint density at radius 1 is 1.03 bits per heavy atom. The quantitative estimate of drug-likeness (QED) is 0.179. The minimum absolute atomic E-state index is 0.0567. The van der Waals surface area contributed by atoms with Crippen molar-refractivity contribution in [2.45, 2.75) is 63.7 Å². The fraction of sp³-hybridized carbons (Fsp3) is 0.500. The summed E-state index contributed by atoms with van der Waals surface area (Å²) >= 11 is 1.51. The van der Waals surface area contributed by atoms with Gasteiger partial charge in [0.2, 0.25) is 17.7 Å². The highest BCUT2D eigenvalue weighted by atomic mass is 32.2. The van der Waals surface area contributed by atoms with Crippen LogP contribution in [0, 0.1) is 5.92 Å². The largest absolute Gasteiger partial charge is 0.480 e. The summed E-state index contributed by atoms with van der Waals surface area (Å²) in [5.41, 5.74) is 7.58. The van der Waals surface area contributed by atoms with Gasteiger partial charge in [0.15, 0.2) is 0 Å². The van der Waals surface area contributed by atoms with E-state index in [4.69, 9.17) is 5.73 Å². The van der Waals surface area contributed by atoms with Crippen molar-refractivity contribution in [3.63, 3.8) is 0 Å². The molecule has 5 atom stereocenters. The Labute approximate surface area is 227 Å². The third kappa shape index (κ3) is 9.82. The maximum absolute atomic E-state index is 13.3. The number of carboxylic acids is 1. The lowest BCUT2D eigenvalue weighted by Crippen LogP contribution is -2.58. The molecule has 0 spiro atoms. The summed E-state index contributed by atoms with van der Waals surface area (Å²) in [6.45, 7) is 3.56. The number of H-pyrrole nitrogens is 1. The van der Waals surface area contributed by atoms with Crippen LogP contribution in [0.25, 0.3) is 0 Å². The summed E-state index contributed by atoms with van der Waals surface area (Å²) in [6, 6.07) is 5.32. The zero-order valence-electron chi connectivity index (χ0n) is 22.0. The zero-order valence-corrected chi connectivity index (χ0v) is 22.8. The smallest absolute Gasteiger partial charge is 0.326 e. The molecule has 0 aliphatic carbocycles. The second kappa shape index (κ2) is 15.8. The molecular weight excluding hydrogens is 508 g/mol. The number of benzene rings is 1. The van der Waals surface area contributed by atoms with Gasteiger partial charge in [0.1, 0.15) is 18.1 Å². The molecule has 1 heterocycles. The topological polar surface area (TPSA) is 179 Å². The van der Waals surface area contributed by atoms with Gasteiger partial charge in [-0.3, -0.25) is 14.4 Å². The Balaban J connectivity index is 2.16. The third-order valence-electron chi connectivity index (χ3n) is 6.27. The first-order valence-electron chi connectivity index (χ1n) is 12.6. The molecule has 0 aliphatic rings. The summed E-state index contributed by atoms with van der Waals surface area (Å²) in [6.07, 6.45) is 6.07. The van der Waals surface area contributed by atoms with Crippen molar-refractivity contribution < 1.29 is 24.3 Å². The van der Waals surface area contributed by atoms with Crippen molar-refractivity contribution in [2.75, 3.05) is 12.0 Å². The number of imidazole rings is 1. The number of rotatable bonds is 16. The van der Waals surface area contributed by atoms with Gasteiger partial charge in [0, 0.05) is 18.3 Å². The number of hydrogen-bond acceptors (Lipinski definition) is 7. The molecule has 5 unspecified atom stereocenters. The van der Waals surface area contributed by atoms with E-state index in [0.29, 0.717) is 30.7 Å². The van der Waals surface area contributed by atoms with Crippen LogP contribution >= 0.6 is 11.8 Å². The van der Waals surface area contributed by atoms with Crippen LogP contribution in [0.4, 0.5) is 0 Å². The second-order valence-electron chi connectivity index (χ2n) is 9.19. The van der Waals surface area contributed by atoms with Crippen LogP contribution in [-0.4, -0.2) is 74.9 Å². The first-order chi connectivity index (χ1) is 18.2. The van der Waals surface area contributed by atoms with Crippen LogP contribution in [-0.2, 0) is 32.0 Å². The number of nitrogens with zero attached hydrogens (tertiary/aromatic N) is 1. The molecule has 0 saturated carbocycles. The van der Waals surface area contributed by atoms with Gasteiger partial charge in [-0.1, -0.05) is 50.6 Å². The number of nitrogens with two attached hydrogens (primary N) is 1. The van der Waals surface area contributed by atoms with Crippen LogP contribution in [0.1, 0.15) is 37.9 Å². The molecule has 11 nitrogen and oxygen atoms in total. The van der Waals surface area contributed by atoms with Crippen LogP contribution in [0.3, 0.4) is 0 Å². The highest BCUT2D eigenvalue weighted by molar-refractivity contribution is 7.98. The molecule has 3 amide bonds. The Bertz CT molecular complexity index is 1040. The van der Waals surface area contributed by atoms with Crippen molar-refractivity contribution in [1.29, 1.82) is 0 Å². The van der Waals surface area contributed by atoms with Gasteiger partial charge in [0.05, 0.1) is 12.4 Å². The Morgan fingerprint density at radius 3 is 2.26 bits per heavy atom. The lowest BCUT2D eigenvalue weighted by molar-refractivity contribution is -0.143. The predicted molar refractivity (Wildman–Crippen MR) is 146 cm³/mol. The minimum Gasteiger partial charge on any atom is -0.480 e. The first-order valence-corrected chi connectivity index (χ1v) is 13.9. The van der Waals surface area contributed by atoms with Crippen molar-refractivity contribution in [3.05, 3.63) is 54.1 Å². The summed E-state index contributed by atoms with van der Waals surface area (Å²) in [4.78, 5) is 57.9. The molecule has 0 radical (unpaired) electrons. The average Bonchev–Trinajstić information content (AvgIpc) is 3.42. The molecule has 0 aliphatic heterocycles. The second-order valence-corrected chi connectivity index (χ2v) is 10.2. The van der Waals surface area contributed by atoms with Gasteiger partial charge in [-0.25, -0.2) is 9.78 Å². The van der Waals surface area contributed by atoms with Crippen molar-refractivity contribution in [1.82, 2.24) is 25.9 Å². The SMILES string of the molecule is CCC(C)C(NC(=O)C(Cc1cnc[nH]1)NC(=O)C(CCSC)NC(=O)C(N)Cc1ccccc1)C(=O)O. The van der Waals surface area contributed by atoms with Crippen LogP contribution in [0.2, 0.25) is 0 Å². The third-order valence-corrected chi connectivity index (χ3v) is 6.91. The molecule has 1 aromatic heterocycles.